The van der Waals surface area contributed by atoms with Crippen LogP contribution in [0.1, 0.15) is 0 Å². The summed E-state index contributed by atoms with van der Waals surface area (Å²) in [5.74, 6) is -6.82. The van der Waals surface area contributed by atoms with Crippen LogP contribution >= 0.6 is 0 Å². The maximum atomic E-state index is 12.9. The Balaban J connectivity index is 3.25. The van der Waals surface area contributed by atoms with Crippen LogP contribution in [0.25, 0.3) is 0 Å². The van der Waals surface area contributed by atoms with Gasteiger partial charge in [0.25, 0.3) is 0 Å². The molecule has 1 aromatic carbocycles. The van der Waals surface area contributed by atoms with Crippen molar-refractivity contribution in [3.8, 4) is 5.75 Å². The van der Waals surface area contributed by atoms with Crippen LogP contribution in [-0.2, 0) is 0 Å². The highest BCUT2D eigenvalue weighted by atomic mass is 28.3. The van der Waals surface area contributed by atoms with Gasteiger partial charge in [-0.05, 0) is 13.1 Å². The van der Waals surface area contributed by atoms with Crippen LogP contribution in [0.5, 0.6) is 5.75 Å². The number of hydrogen-bond acceptors (Lipinski definition) is 1. The second-order valence-corrected chi connectivity index (χ2v) is 5.30. The van der Waals surface area contributed by atoms with Crippen LogP contribution < -0.4 is 4.43 Å². The van der Waals surface area contributed by atoms with Gasteiger partial charge in [0.15, 0.2) is 17.4 Å². The van der Waals surface area contributed by atoms with E-state index in [4.69, 9.17) is 4.43 Å². The van der Waals surface area contributed by atoms with Crippen LogP contribution in [0.3, 0.4) is 0 Å². The molecule has 0 fully saturated rings. The molecule has 1 rings (SSSR count). The van der Waals surface area contributed by atoms with E-state index in [0.717, 1.165) is 0 Å². The summed E-state index contributed by atoms with van der Waals surface area (Å²) in [4.78, 5) is 0. The maximum Gasteiger partial charge on any atom is 0.229 e. The average molecular weight is 224 g/mol. The number of rotatable bonds is 2. The molecule has 0 unspecified atom stereocenters. The summed E-state index contributed by atoms with van der Waals surface area (Å²) in [5, 5.41) is 0. The summed E-state index contributed by atoms with van der Waals surface area (Å²) in [6.45, 7) is 3.25. The summed E-state index contributed by atoms with van der Waals surface area (Å²) in [5.41, 5.74) is 0. The van der Waals surface area contributed by atoms with Crippen molar-refractivity contribution in [2.75, 3.05) is 0 Å². The molecule has 0 aromatic heterocycles. The van der Waals surface area contributed by atoms with Gasteiger partial charge in [-0.25, -0.2) is 8.78 Å². The van der Waals surface area contributed by atoms with E-state index in [9.17, 15) is 17.6 Å². The summed E-state index contributed by atoms with van der Waals surface area (Å²) in [7, 11) is -1.81. The van der Waals surface area contributed by atoms with Gasteiger partial charge in [0, 0.05) is 6.07 Å². The minimum Gasteiger partial charge on any atom is -0.543 e. The Morgan fingerprint density at radius 3 is 1.79 bits per heavy atom. The van der Waals surface area contributed by atoms with Crippen LogP contribution in [0.2, 0.25) is 13.1 Å². The molecule has 0 saturated heterocycles. The molecule has 0 heterocycles. The predicted octanol–water partition coefficient (Wildman–Crippen LogP) is 2.61. The van der Waals surface area contributed by atoms with Crippen molar-refractivity contribution in [3.63, 3.8) is 0 Å². The first-order valence-corrected chi connectivity index (χ1v) is 6.71. The summed E-state index contributed by atoms with van der Waals surface area (Å²) in [6.07, 6.45) is 0. The lowest BCUT2D eigenvalue weighted by molar-refractivity contribution is 0.397. The summed E-state index contributed by atoms with van der Waals surface area (Å²) in [6, 6.07) is 0.152. The fraction of sp³-hybridized carbons (Fsp3) is 0.250. The Hall–Kier alpha value is -1.04. The largest absolute Gasteiger partial charge is 0.543 e. The Bertz CT molecular complexity index is 327. The first-order valence-electron chi connectivity index (χ1n) is 3.93. The molecule has 78 valence electrons. The molecule has 1 nitrogen and oxygen atoms in total. The van der Waals surface area contributed by atoms with Crippen molar-refractivity contribution in [2.45, 2.75) is 13.1 Å². The lowest BCUT2D eigenvalue weighted by atomic mass is 10.3. The van der Waals surface area contributed by atoms with E-state index >= 15 is 0 Å². The summed E-state index contributed by atoms with van der Waals surface area (Å²) >= 11 is 0. The molecule has 0 aliphatic carbocycles. The topological polar surface area (TPSA) is 9.23 Å². The van der Waals surface area contributed by atoms with Gasteiger partial charge in [-0.1, -0.05) is 0 Å². The molecule has 0 aliphatic rings. The molecule has 0 atom stereocenters. The van der Waals surface area contributed by atoms with Gasteiger partial charge in [-0.2, -0.15) is 8.78 Å². The third-order valence-corrected chi connectivity index (χ3v) is 2.13. The Labute approximate surface area is 80.0 Å². The number of halogens is 4. The molecule has 0 spiro atoms. The minimum absolute atomic E-state index is 0.152. The van der Waals surface area contributed by atoms with Crippen LogP contribution in [0.15, 0.2) is 6.07 Å². The van der Waals surface area contributed by atoms with Gasteiger partial charge in [-0.15, -0.1) is 0 Å². The first-order chi connectivity index (χ1) is 6.43. The molecular formula is C8H8F4OSi. The van der Waals surface area contributed by atoms with Crippen molar-refractivity contribution in [1.82, 2.24) is 0 Å². The molecule has 0 bridgehead atoms. The molecule has 14 heavy (non-hydrogen) atoms. The van der Waals surface area contributed by atoms with Gasteiger partial charge < -0.3 is 4.43 Å². The van der Waals surface area contributed by atoms with E-state index in [2.05, 4.69) is 0 Å². The molecule has 6 heteroatoms. The maximum absolute atomic E-state index is 12.9. The SMILES string of the molecule is C[SiH](C)Oc1c(F)c(F)cc(F)c1F. The van der Waals surface area contributed by atoms with E-state index in [-0.39, 0.29) is 6.07 Å². The highest BCUT2D eigenvalue weighted by molar-refractivity contribution is 6.49. The molecular weight excluding hydrogens is 216 g/mol. The van der Waals surface area contributed by atoms with Crippen LogP contribution in [0.4, 0.5) is 17.6 Å². The molecule has 0 saturated carbocycles. The monoisotopic (exact) mass is 224 g/mol. The Kier molecular flexibility index (Phi) is 3.15. The van der Waals surface area contributed by atoms with Crippen molar-refractivity contribution >= 4 is 9.04 Å². The van der Waals surface area contributed by atoms with Gasteiger partial charge in [0.1, 0.15) is 0 Å². The molecule has 0 radical (unpaired) electrons. The quantitative estimate of drug-likeness (QED) is 0.426. The van der Waals surface area contributed by atoms with Crippen molar-refractivity contribution < 1.29 is 22.0 Å². The Morgan fingerprint density at radius 1 is 1.00 bits per heavy atom. The molecule has 1 aromatic rings. The highest BCUT2D eigenvalue weighted by Crippen LogP contribution is 2.26. The van der Waals surface area contributed by atoms with Gasteiger partial charge in [0.05, 0.1) is 0 Å². The highest BCUT2D eigenvalue weighted by Gasteiger charge is 2.20. The first kappa shape index (κ1) is 11.0. The smallest absolute Gasteiger partial charge is 0.229 e. The van der Waals surface area contributed by atoms with E-state index in [1.54, 1.807) is 13.1 Å². The lowest BCUT2D eigenvalue weighted by Crippen LogP contribution is -2.14. The van der Waals surface area contributed by atoms with Gasteiger partial charge >= 0.3 is 0 Å². The fourth-order valence-corrected chi connectivity index (χ4v) is 1.57. The van der Waals surface area contributed by atoms with Crippen molar-refractivity contribution in [2.24, 2.45) is 0 Å². The van der Waals surface area contributed by atoms with E-state index in [1.165, 1.54) is 0 Å². The Morgan fingerprint density at radius 2 is 1.43 bits per heavy atom. The lowest BCUT2D eigenvalue weighted by Gasteiger charge is -2.11. The van der Waals surface area contributed by atoms with Crippen molar-refractivity contribution in [3.05, 3.63) is 29.3 Å². The van der Waals surface area contributed by atoms with Crippen molar-refractivity contribution in [1.29, 1.82) is 0 Å². The molecule has 0 N–H and O–H groups in total. The zero-order valence-corrected chi connectivity index (χ0v) is 8.73. The molecule has 0 aliphatic heterocycles. The van der Waals surface area contributed by atoms with E-state index < -0.39 is 38.1 Å². The standard InChI is InChI=1S/C8H8F4OSi/c1-14(2)13-8-6(11)4(9)3-5(10)7(8)12/h3,14H,1-2H3. The zero-order chi connectivity index (χ0) is 10.9. The molecule has 0 amide bonds. The van der Waals surface area contributed by atoms with Gasteiger partial charge in [0.2, 0.25) is 20.7 Å². The van der Waals surface area contributed by atoms with E-state index in [1.807, 2.05) is 0 Å². The number of benzene rings is 1. The third-order valence-electron chi connectivity index (χ3n) is 1.43. The van der Waals surface area contributed by atoms with Gasteiger partial charge in [-0.3, -0.25) is 0 Å². The second-order valence-electron chi connectivity index (χ2n) is 2.96. The second kappa shape index (κ2) is 3.99. The van der Waals surface area contributed by atoms with Crippen LogP contribution in [0, 0.1) is 23.3 Å². The summed E-state index contributed by atoms with van der Waals surface area (Å²) < 4.78 is 55.8. The van der Waals surface area contributed by atoms with E-state index in [0.29, 0.717) is 0 Å². The normalized spacial score (nSPS) is 10.8. The minimum atomic E-state index is -1.81. The fourth-order valence-electron chi connectivity index (χ4n) is 0.890. The van der Waals surface area contributed by atoms with Crippen LogP contribution in [-0.4, -0.2) is 9.04 Å². The predicted molar refractivity (Wildman–Crippen MR) is 45.8 cm³/mol. The zero-order valence-electron chi connectivity index (χ0n) is 7.57. The number of hydrogen-bond donors (Lipinski definition) is 0. The average Bonchev–Trinajstić information content (AvgIpc) is 2.09. The third kappa shape index (κ3) is 2.06.